The molecule has 1 aliphatic rings. The lowest BCUT2D eigenvalue weighted by Crippen LogP contribution is -2.58. The van der Waals surface area contributed by atoms with E-state index in [1.807, 2.05) is 97.3 Å². The van der Waals surface area contributed by atoms with E-state index in [4.69, 9.17) is 18.9 Å². The van der Waals surface area contributed by atoms with Gasteiger partial charge in [0.15, 0.2) is 0 Å². The highest BCUT2D eigenvalue weighted by Gasteiger charge is 2.47. The van der Waals surface area contributed by atoms with E-state index < -0.39 is 24.4 Å². The number of azide groups is 1. The van der Waals surface area contributed by atoms with Crippen molar-refractivity contribution in [2.24, 2.45) is 5.11 Å². The molecule has 0 aliphatic carbocycles. The van der Waals surface area contributed by atoms with Gasteiger partial charge in [-0.3, -0.25) is 0 Å². The number of nitrogens with zero attached hydrogens (tertiary/aromatic N) is 3. The number of ether oxygens (including phenoxy) is 4. The zero-order valence-corrected chi connectivity index (χ0v) is 21.1. The van der Waals surface area contributed by atoms with Crippen LogP contribution in [0.2, 0.25) is 0 Å². The quantitative estimate of drug-likeness (QED) is 0.168. The van der Waals surface area contributed by atoms with Gasteiger partial charge in [-0.1, -0.05) is 96.1 Å². The van der Waals surface area contributed by atoms with E-state index in [1.54, 1.807) is 0 Å². The Balaban J connectivity index is 1.52. The number of rotatable bonds is 12. The van der Waals surface area contributed by atoms with Gasteiger partial charge in [-0.05, 0) is 28.5 Å². The molecule has 1 saturated heterocycles. The zero-order valence-electron chi connectivity index (χ0n) is 20.3. The van der Waals surface area contributed by atoms with E-state index in [-0.39, 0.29) is 5.44 Å². The van der Waals surface area contributed by atoms with Crippen LogP contribution in [0.15, 0.2) is 96.1 Å². The monoisotopic (exact) mass is 505 g/mol. The van der Waals surface area contributed by atoms with E-state index in [9.17, 15) is 5.53 Å². The largest absolute Gasteiger partial charge is 0.374 e. The molecule has 0 N–H and O–H groups in total. The maximum atomic E-state index is 9.46. The van der Waals surface area contributed by atoms with Gasteiger partial charge in [-0.25, -0.2) is 0 Å². The molecule has 36 heavy (non-hydrogen) atoms. The van der Waals surface area contributed by atoms with Gasteiger partial charge in [0.2, 0.25) is 0 Å². The Hall–Kier alpha value is -2.84. The highest BCUT2D eigenvalue weighted by Crippen LogP contribution is 2.34. The fourth-order valence-corrected chi connectivity index (χ4v) is 4.96. The average Bonchev–Trinajstić information content (AvgIpc) is 2.93. The summed E-state index contributed by atoms with van der Waals surface area (Å²) in [6.45, 7) is 1.49. The summed E-state index contributed by atoms with van der Waals surface area (Å²) in [7, 11) is 0. The Morgan fingerprint density at radius 3 is 1.78 bits per heavy atom. The second-order valence-corrected chi connectivity index (χ2v) is 9.43. The highest BCUT2D eigenvalue weighted by molar-refractivity contribution is 7.99. The predicted molar refractivity (Wildman–Crippen MR) is 141 cm³/mol. The van der Waals surface area contributed by atoms with E-state index in [2.05, 4.69) is 10.0 Å². The van der Waals surface area contributed by atoms with Crippen molar-refractivity contribution in [3.8, 4) is 0 Å². The minimum Gasteiger partial charge on any atom is -0.374 e. The molecule has 1 aliphatic heterocycles. The van der Waals surface area contributed by atoms with Crippen LogP contribution in [0.3, 0.4) is 0 Å². The van der Waals surface area contributed by atoms with Gasteiger partial charge in [0.05, 0.1) is 38.6 Å². The Morgan fingerprint density at radius 1 is 0.778 bits per heavy atom. The maximum absolute atomic E-state index is 9.46. The molecule has 0 bridgehead atoms. The first-order valence-electron chi connectivity index (χ1n) is 11.9. The van der Waals surface area contributed by atoms with Crippen molar-refractivity contribution in [3.05, 3.63) is 118 Å². The van der Waals surface area contributed by atoms with Crippen molar-refractivity contribution >= 4 is 11.8 Å². The molecule has 1 heterocycles. The zero-order chi connectivity index (χ0) is 25.0. The summed E-state index contributed by atoms with van der Waals surface area (Å²) in [4.78, 5) is 3.16. The van der Waals surface area contributed by atoms with Crippen LogP contribution in [-0.4, -0.2) is 42.7 Å². The molecule has 3 aromatic carbocycles. The Kier molecular flexibility index (Phi) is 10.2. The molecule has 1 fully saturated rings. The molecule has 7 nitrogen and oxygen atoms in total. The lowest BCUT2D eigenvalue weighted by molar-refractivity contribution is -0.200. The van der Waals surface area contributed by atoms with Crippen molar-refractivity contribution in [2.75, 3.05) is 12.9 Å². The summed E-state index contributed by atoms with van der Waals surface area (Å²) in [6, 6.07) is 29.2. The second kappa shape index (κ2) is 14.0. The summed E-state index contributed by atoms with van der Waals surface area (Å²) in [5.41, 5.74) is 12.3. The van der Waals surface area contributed by atoms with Crippen LogP contribution in [0.5, 0.6) is 0 Å². The van der Waals surface area contributed by atoms with E-state index >= 15 is 0 Å². The van der Waals surface area contributed by atoms with E-state index in [0.717, 1.165) is 16.7 Å². The summed E-state index contributed by atoms with van der Waals surface area (Å²) < 4.78 is 25.2. The van der Waals surface area contributed by atoms with Crippen LogP contribution in [-0.2, 0) is 38.8 Å². The van der Waals surface area contributed by atoms with E-state index in [0.29, 0.717) is 26.4 Å². The van der Waals surface area contributed by atoms with Crippen molar-refractivity contribution in [3.63, 3.8) is 0 Å². The number of thioether (sulfide) groups is 1. The Labute approximate surface area is 216 Å². The first kappa shape index (κ1) is 26.2. The molecule has 3 aromatic rings. The lowest BCUT2D eigenvalue weighted by Gasteiger charge is -2.44. The molecule has 0 radical (unpaired) electrons. The van der Waals surface area contributed by atoms with Crippen LogP contribution >= 0.6 is 11.8 Å². The molecule has 0 saturated carbocycles. The van der Waals surface area contributed by atoms with Gasteiger partial charge in [0.25, 0.3) is 0 Å². The third-order valence-electron chi connectivity index (χ3n) is 6.00. The molecular weight excluding hydrogens is 474 g/mol. The molecule has 1 unspecified atom stereocenters. The van der Waals surface area contributed by atoms with Crippen LogP contribution in [0.25, 0.3) is 10.4 Å². The molecule has 0 amide bonds. The Bertz CT molecular complexity index is 1080. The van der Waals surface area contributed by atoms with E-state index in [1.165, 1.54) is 11.8 Å². The van der Waals surface area contributed by atoms with Crippen molar-refractivity contribution in [1.29, 1.82) is 0 Å². The third-order valence-corrected chi connectivity index (χ3v) is 6.84. The first-order valence-corrected chi connectivity index (χ1v) is 13.2. The van der Waals surface area contributed by atoms with Crippen molar-refractivity contribution in [2.45, 2.75) is 49.6 Å². The first-order chi connectivity index (χ1) is 17.8. The molecule has 8 heteroatoms. The van der Waals surface area contributed by atoms with Crippen LogP contribution in [0.1, 0.15) is 16.7 Å². The van der Waals surface area contributed by atoms with Gasteiger partial charge < -0.3 is 18.9 Å². The summed E-state index contributed by atoms with van der Waals surface area (Å²) in [5.74, 6) is 0. The average molecular weight is 506 g/mol. The molecular formula is C28H31N3O4S. The van der Waals surface area contributed by atoms with Crippen LogP contribution in [0.4, 0.5) is 0 Å². The Morgan fingerprint density at radius 2 is 1.28 bits per heavy atom. The summed E-state index contributed by atoms with van der Waals surface area (Å²) >= 11 is 1.53. The lowest BCUT2D eigenvalue weighted by atomic mass is 9.97. The fourth-order valence-electron chi connectivity index (χ4n) is 4.19. The predicted octanol–water partition coefficient (Wildman–Crippen LogP) is 6.14. The summed E-state index contributed by atoms with van der Waals surface area (Å²) in [5, 5.41) is 4.17. The fraction of sp³-hybridized carbons (Fsp3) is 0.357. The van der Waals surface area contributed by atoms with Crippen molar-refractivity contribution < 1.29 is 18.9 Å². The molecule has 0 aromatic heterocycles. The SMILES string of the molecule is CS[C@@H]1O[C@H](COCc2ccccc2)C(OCc2ccccc2)[C@H](N=[N+]=[N-])[C@H]1OCc1ccccc1. The second-order valence-electron chi connectivity index (χ2n) is 8.50. The maximum Gasteiger partial charge on any atom is 0.130 e. The standard InChI is InChI=1S/C28H31N3O4S/c1-36-28-27(34-19-23-15-9-4-10-16-23)25(30-31-29)26(33-18-22-13-7-3-8-14-22)24(35-28)20-32-17-21-11-5-2-6-12-21/h2-16,24-28H,17-20H2,1H3/t24-,25+,26?,27-,28+/m1/s1. The molecule has 188 valence electrons. The molecule has 0 spiro atoms. The number of benzene rings is 3. The van der Waals surface area contributed by atoms with Gasteiger partial charge in [0.1, 0.15) is 17.6 Å². The van der Waals surface area contributed by atoms with Gasteiger partial charge >= 0.3 is 0 Å². The smallest absolute Gasteiger partial charge is 0.130 e. The highest BCUT2D eigenvalue weighted by atomic mass is 32.2. The van der Waals surface area contributed by atoms with Gasteiger partial charge in [0, 0.05) is 4.91 Å². The van der Waals surface area contributed by atoms with Gasteiger partial charge in [-0.15, -0.1) is 11.8 Å². The third kappa shape index (κ3) is 7.34. The minimum absolute atomic E-state index is 0.300. The molecule has 4 rings (SSSR count). The van der Waals surface area contributed by atoms with Crippen molar-refractivity contribution in [1.82, 2.24) is 0 Å². The molecule has 5 atom stereocenters. The number of hydrogen-bond donors (Lipinski definition) is 0. The van der Waals surface area contributed by atoms with Crippen LogP contribution in [0, 0.1) is 0 Å². The number of hydrogen-bond acceptors (Lipinski definition) is 6. The van der Waals surface area contributed by atoms with Crippen LogP contribution < -0.4 is 0 Å². The summed E-state index contributed by atoms with van der Waals surface area (Å²) in [6.07, 6.45) is 0.509. The van der Waals surface area contributed by atoms with Gasteiger partial charge in [-0.2, -0.15) is 0 Å². The topological polar surface area (TPSA) is 85.7 Å². The normalized spacial score (nSPS) is 23.6. The minimum atomic E-state index is -0.584.